The molecular formula is C20H18N6O3S. The van der Waals surface area contributed by atoms with Gasteiger partial charge in [0.1, 0.15) is 5.82 Å². The second kappa shape index (κ2) is 8.87. The molecule has 4 rings (SSSR count). The molecule has 0 fully saturated rings. The molecule has 0 aliphatic carbocycles. The first kappa shape index (κ1) is 19.8. The molecule has 0 saturated heterocycles. The van der Waals surface area contributed by atoms with Gasteiger partial charge in [-0.3, -0.25) is 10.1 Å². The van der Waals surface area contributed by atoms with Crippen LogP contribution < -0.4 is 0 Å². The lowest BCUT2D eigenvalue weighted by atomic mass is 10.1. The highest BCUT2D eigenvalue weighted by Crippen LogP contribution is 2.25. The molecule has 2 aromatic carbocycles. The first-order valence-electron chi connectivity index (χ1n) is 9.30. The van der Waals surface area contributed by atoms with Crippen LogP contribution in [0.15, 0.2) is 64.3 Å². The molecule has 0 aliphatic heterocycles. The molecule has 2 heterocycles. The smallest absolute Gasteiger partial charge is 0.269 e. The van der Waals surface area contributed by atoms with E-state index in [1.54, 1.807) is 12.1 Å². The summed E-state index contributed by atoms with van der Waals surface area (Å²) in [6.45, 7) is 2.82. The van der Waals surface area contributed by atoms with Crippen molar-refractivity contribution in [2.45, 2.75) is 30.8 Å². The lowest BCUT2D eigenvalue weighted by molar-refractivity contribution is -0.384. The van der Waals surface area contributed by atoms with Gasteiger partial charge < -0.3 is 9.09 Å². The molecule has 0 saturated carbocycles. The number of hydrogen-bond donors (Lipinski definition) is 0. The van der Waals surface area contributed by atoms with E-state index in [1.807, 2.05) is 18.2 Å². The van der Waals surface area contributed by atoms with Crippen molar-refractivity contribution in [3.63, 3.8) is 0 Å². The fourth-order valence-electron chi connectivity index (χ4n) is 2.94. The maximum Gasteiger partial charge on any atom is 0.269 e. The lowest BCUT2D eigenvalue weighted by Gasteiger charge is -2.06. The van der Waals surface area contributed by atoms with Crippen LogP contribution in [0.25, 0.3) is 11.4 Å². The van der Waals surface area contributed by atoms with E-state index in [9.17, 15) is 10.1 Å². The molecular weight excluding hydrogens is 404 g/mol. The zero-order valence-electron chi connectivity index (χ0n) is 16.1. The number of nitro groups is 1. The van der Waals surface area contributed by atoms with E-state index in [-0.39, 0.29) is 5.69 Å². The summed E-state index contributed by atoms with van der Waals surface area (Å²) in [6, 6.07) is 16.2. The van der Waals surface area contributed by atoms with Gasteiger partial charge in [-0.25, -0.2) is 0 Å². The number of benzene rings is 2. The quantitative estimate of drug-likeness (QED) is 0.236. The van der Waals surface area contributed by atoms with Crippen molar-refractivity contribution in [3.05, 3.63) is 82.0 Å². The average Bonchev–Trinajstić information content (AvgIpc) is 3.40. The van der Waals surface area contributed by atoms with Crippen molar-refractivity contribution in [2.75, 3.05) is 0 Å². The monoisotopic (exact) mass is 422 g/mol. The van der Waals surface area contributed by atoms with Gasteiger partial charge in [-0.1, -0.05) is 47.3 Å². The molecule has 152 valence electrons. The molecule has 0 N–H and O–H groups in total. The van der Waals surface area contributed by atoms with Gasteiger partial charge in [0.15, 0.2) is 5.16 Å². The number of hydrogen-bond acceptors (Lipinski definition) is 8. The van der Waals surface area contributed by atoms with Gasteiger partial charge in [0, 0.05) is 30.7 Å². The van der Waals surface area contributed by atoms with Crippen LogP contribution in [0.5, 0.6) is 0 Å². The van der Waals surface area contributed by atoms with E-state index in [2.05, 4.69) is 44.0 Å². The van der Waals surface area contributed by atoms with Gasteiger partial charge in [0.25, 0.3) is 5.69 Å². The molecule has 9 nitrogen and oxygen atoms in total. The normalized spacial score (nSPS) is 11.0. The Bertz CT molecular complexity index is 1140. The van der Waals surface area contributed by atoms with Crippen LogP contribution >= 0.6 is 11.8 Å². The van der Waals surface area contributed by atoms with E-state index in [4.69, 9.17) is 4.52 Å². The largest absolute Gasteiger partial charge is 0.338 e. The van der Waals surface area contributed by atoms with Gasteiger partial charge >= 0.3 is 0 Å². The highest BCUT2D eigenvalue weighted by Gasteiger charge is 2.15. The van der Waals surface area contributed by atoms with E-state index >= 15 is 0 Å². The van der Waals surface area contributed by atoms with Gasteiger partial charge in [0.05, 0.1) is 10.7 Å². The minimum atomic E-state index is -0.446. The van der Waals surface area contributed by atoms with Crippen LogP contribution in [0, 0.1) is 10.1 Å². The Labute approximate surface area is 176 Å². The molecule has 0 radical (unpaired) electrons. The summed E-state index contributed by atoms with van der Waals surface area (Å²) in [5, 5.41) is 24.2. The molecule has 0 aliphatic rings. The van der Waals surface area contributed by atoms with Crippen LogP contribution in [0.2, 0.25) is 0 Å². The molecule has 0 bridgehead atoms. The molecule has 0 amide bonds. The summed E-state index contributed by atoms with van der Waals surface area (Å²) >= 11 is 1.47. The van der Waals surface area contributed by atoms with Gasteiger partial charge in [0.2, 0.25) is 11.7 Å². The standard InChI is InChI=1S/C20H18N6O3S/c1-2-25-17(12-14-6-4-3-5-7-14)22-23-20(25)30-13-18-21-19(24-29-18)15-8-10-16(11-9-15)26(27)28/h3-11H,2,12-13H2,1H3. The average molecular weight is 422 g/mol. The van der Waals surface area contributed by atoms with Crippen LogP contribution in [0.4, 0.5) is 5.69 Å². The van der Waals surface area contributed by atoms with Gasteiger partial charge in [-0.2, -0.15) is 4.98 Å². The summed E-state index contributed by atoms with van der Waals surface area (Å²) in [6.07, 6.45) is 0.715. The third-order valence-electron chi connectivity index (χ3n) is 4.44. The highest BCUT2D eigenvalue weighted by atomic mass is 32.2. The zero-order chi connectivity index (χ0) is 20.9. The number of nitrogens with zero attached hydrogens (tertiary/aromatic N) is 6. The maximum absolute atomic E-state index is 10.8. The zero-order valence-corrected chi connectivity index (χ0v) is 17.0. The minimum absolute atomic E-state index is 0.0169. The topological polar surface area (TPSA) is 113 Å². The summed E-state index contributed by atoms with van der Waals surface area (Å²) in [4.78, 5) is 14.7. The fourth-order valence-corrected chi connectivity index (χ4v) is 3.80. The fraction of sp³-hybridized carbons (Fsp3) is 0.200. The van der Waals surface area contributed by atoms with Crippen LogP contribution in [0.1, 0.15) is 24.2 Å². The van der Waals surface area contributed by atoms with E-state index in [0.29, 0.717) is 29.5 Å². The maximum atomic E-state index is 10.8. The predicted molar refractivity (Wildman–Crippen MR) is 111 cm³/mol. The van der Waals surface area contributed by atoms with Crippen molar-refractivity contribution >= 4 is 17.4 Å². The van der Waals surface area contributed by atoms with Crippen molar-refractivity contribution in [3.8, 4) is 11.4 Å². The molecule has 0 unspecified atom stereocenters. The molecule has 2 aromatic heterocycles. The third kappa shape index (κ3) is 4.38. The van der Waals surface area contributed by atoms with E-state index in [0.717, 1.165) is 17.5 Å². The van der Waals surface area contributed by atoms with Crippen LogP contribution in [0.3, 0.4) is 0 Å². The molecule has 10 heteroatoms. The molecule has 4 aromatic rings. The number of aromatic nitrogens is 5. The van der Waals surface area contributed by atoms with Gasteiger partial charge in [-0.15, -0.1) is 10.2 Å². The second-order valence-corrected chi connectivity index (χ2v) is 7.35. The van der Waals surface area contributed by atoms with E-state index in [1.165, 1.54) is 29.5 Å². The SMILES string of the molecule is CCn1c(Cc2ccccc2)nnc1SCc1nc(-c2ccc([N+](=O)[O-])cc2)no1. The Morgan fingerprint density at radius 3 is 2.57 bits per heavy atom. The summed E-state index contributed by atoms with van der Waals surface area (Å²) in [5.74, 6) is 2.19. The summed E-state index contributed by atoms with van der Waals surface area (Å²) < 4.78 is 7.40. The highest BCUT2D eigenvalue weighted by molar-refractivity contribution is 7.98. The summed E-state index contributed by atoms with van der Waals surface area (Å²) in [7, 11) is 0. The Hall–Kier alpha value is -3.53. The third-order valence-corrected chi connectivity index (χ3v) is 5.40. The minimum Gasteiger partial charge on any atom is -0.338 e. The van der Waals surface area contributed by atoms with Crippen molar-refractivity contribution < 1.29 is 9.45 Å². The molecule has 30 heavy (non-hydrogen) atoms. The Balaban J connectivity index is 1.43. The van der Waals surface area contributed by atoms with Crippen molar-refractivity contribution in [1.29, 1.82) is 0 Å². The first-order valence-corrected chi connectivity index (χ1v) is 10.3. The van der Waals surface area contributed by atoms with Crippen molar-refractivity contribution in [2.24, 2.45) is 0 Å². The first-order chi connectivity index (χ1) is 14.6. The predicted octanol–water partition coefficient (Wildman–Crippen LogP) is 4.14. The Kier molecular flexibility index (Phi) is 5.84. The van der Waals surface area contributed by atoms with E-state index < -0.39 is 4.92 Å². The molecule has 0 spiro atoms. The number of nitro benzene ring substituents is 1. The van der Waals surface area contributed by atoms with Crippen LogP contribution in [-0.4, -0.2) is 29.8 Å². The Morgan fingerprint density at radius 1 is 1.10 bits per heavy atom. The summed E-state index contributed by atoms with van der Waals surface area (Å²) in [5.41, 5.74) is 1.85. The van der Waals surface area contributed by atoms with Crippen molar-refractivity contribution in [1.82, 2.24) is 24.9 Å². The molecule has 0 atom stereocenters. The Morgan fingerprint density at radius 2 is 1.87 bits per heavy atom. The second-order valence-electron chi connectivity index (χ2n) is 6.41. The lowest BCUT2D eigenvalue weighted by Crippen LogP contribution is -2.04. The number of rotatable bonds is 8. The van der Waals surface area contributed by atoms with Crippen LogP contribution in [-0.2, 0) is 18.7 Å². The van der Waals surface area contributed by atoms with Gasteiger partial charge in [-0.05, 0) is 24.6 Å². The number of non-ortho nitro benzene ring substituents is 1. The number of thioether (sulfide) groups is 1.